The van der Waals surface area contributed by atoms with Gasteiger partial charge in [0.2, 0.25) is 5.91 Å². The molecule has 0 N–H and O–H groups in total. The van der Waals surface area contributed by atoms with Gasteiger partial charge in [0.1, 0.15) is 5.75 Å². The Morgan fingerprint density at radius 1 is 1.16 bits per heavy atom. The lowest BCUT2D eigenvalue weighted by atomic mass is 10.1. The number of fused-ring (bicyclic) bond motifs is 1. The number of non-ortho nitro benzene ring substituents is 1. The van der Waals surface area contributed by atoms with Crippen molar-refractivity contribution >= 4 is 23.0 Å². The number of hydrogen-bond acceptors (Lipinski definition) is 6. The second-order valence-electron chi connectivity index (χ2n) is 8.82. The van der Waals surface area contributed by atoms with E-state index in [4.69, 9.17) is 4.74 Å². The van der Waals surface area contributed by atoms with Gasteiger partial charge >= 0.3 is 0 Å². The maximum absolute atomic E-state index is 13.2. The molecule has 2 atom stereocenters. The molecule has 2 aliphatic heterocycles. The normalized spacial score (nSPS) is 20.9. The SMILES string of the molecule is COc1cc2c(cc1N1CC(C)N(C)C(C)C1)N(C(=O)Cc1cccc([N+](=O)[O-])c1)CC2. The van der Waals surface area contributed by atoms with Crippen LogP contribution in [0.25, 0.3) is 0 Å². The first-order valence-corrected chi connectivity index (χ1v) is 11.0. The number of carbonyl (C=O) groups excluding carboxylic acids is 1. The summed E-state index contributed by atoms with van der Waals surface area (Å²) in [6.07, 6.45) is 0.896. The maximum atomic E-state index is 13.2. The highest BCUT2D eigenvalue weighted by Gasteiger charge is 2.31. The Morgan fingerprint density at radius 3 is 2.53 bits per heavy atom. The van der Waals surface area contributed by atoms with Crippen LogP contribution >= 0.6 is 0 Å². The molecule has 8 nitrogen and oxygen atoms in total. The van der Waals surface area contributed by atoms with Gasteiger partial charge in [-0.2, -0.15) is 0 Å². The first-order valence-electron chi connectivity index (χ1n) is 11.0. The van der Waals surface area contributed by atoms with Crippen molar-refractivity contribution in [2.45, 2.75) is 38.8 Å². The average molecular weight is 439 g/mol. The third-order valence-corrected chi connectivity index (χ3v) is 6.75. The second-order valence-corrected chi connectivity index (χ2v) is 8.82. The summed E-state index contributed by atoms with van der Waals surface area (Å²) in [5, 5.41) is 11.1. The predicted octanol–water partition coefficient (Wildman–Crippen LogP) is 3.26. The van der Waals surface area contributed by atoms with E-state index in [1.807, 2.05) is 0 Å². The van der Waals surface area contributed by atoms with E-state index >= 15 is 0 Å². The van der Waals surface area contributed by atoms with E-state index in [0.717, 1.165) is 42.2 Å². The number of rotatable bonds is 5. The van der Waals surface area contributed by atoms with E-state index < -0.39 is 4.92 Å². The molecule has 0 aromatic heterocycles. The van der Waals surface area contributed by atoms with Gasteiger partial charge in [0.15, 0.2) is 0 Å². The van der Waals surface area contributed by atoms with E-state index in [1.54, 1.807) is 24.1 Å². The molecule has 2 aliphatic rings. The Kier molecular flexibility index (Phi) is 6.06. The van der Waals surface area contributed by atoms with E-state index in [-0.39, 0.29) is 18.0 Å². The molecule has 0 spiro atoms. The van der Waals surface area contributed by atoms with Crippen molar-refractivity contribution in [1.82, 2.24) is 4.90 Å². The zero-order chi connectivity index (χ0) is 23.0. The van der Waals surface area contributed by atoms with Crippen molar-refractivity contribution in [2.75, 3.05) is 43.6 Å². The van der Waals surface area contributed by atoms with Crippen molar-refractivity contribution in [2.24, 2.45) is 0 Å². The molecular weight excluding hydrogens is 408 g/mol. The van der Waals surface area contributed by atoms with E-state index in [1.165, 1.54) is 12.1 Å². The van der Waals surface area contributed by atoms with Crippen molar-refractivity contribution in [3.8, 4) is 5.75 Å². The number of nitrogens with zero attached hydrogens (tertiary/aromatic N) is 4. The number of nitro benzene ring substituents is 1. The van der Waals surface area contributed by atoms with Crippen LogP contribution in [0.5, 0.6) is 5.75 Å². The molecular formula is C24H30N4O4. The number of carbonyl (C=O) groups is 1. The Labute approximate surface area is 188 Å². The average Bonchev–Trinajstić information content (AvgIpc) is 3.19. The Morgan fingerprint density at radius 2 is 1.88 bits per heavy atom. The number of benzene rings is 2. The number of piperazine rings is 1. The van der Waals surface area contributed by atoms with Gasteiger partial charge in [-0.15, -0.1) is 0 Å². The minimum Gasteiger partial charge on any atom is -0.495 e. The molecule has 1 fully saturated rings. The number of ether oxygens (including phenoxy) is 1. The van der Waals surface area contributed by atoms with Crippen LogP contribution < -0.4 is 14.5 Å². The molecule has 2 unspecified atom stereocenters. The van der Waals surface area contributed by atoms with Crippen LogP contribution in [-0.2, 0) is 17.6 Å². The van der Waals surface area contributed by atoms with Crippen LogP contribution in [0.2, 0.25) is 0 Å². The molecule has 0 bridgehead atoms. The monoisotopic (exact) mass is 438 g/mol. The summed E-state index contributed by atoms with van der Waals surface area (Å²) in [4.78, 5) is 30.3. The third kappa shape index (κ3) is 4.14. The van der Waals surface area contributed by atoms with Gasteiger partial charge < -0.3 is 14.5 Å². The van der Waals surface area contributed by atoms with Gasteiger partial charge in [0.25, 0.3) is 5.69 Å². The Balaban J connectivity index is 1.60. The van der Waals surface area contributed by atoms with Crippen molar-refractivity contribution in [3.63, 3.8) is 0 Å². The summed E-state index contributed by atoms with van der Waals surface area (Å²) in [5.74, 6) is 0.779. The van der Waals surface area contributed by atoms with Crippen molar-refractivity contribution in [1.29, 1.82) is 0 Å². The molecule has 8 heteroatoms. The molecule has 1 amide bonds. The van der Waals surface area contributed by atoms with E-state index in [9.17, 15) is 14.9 Å². The summed E-state index contributed by atoms with van der Waals surface area (Å²) < 4.78 is 5.73. The van der Waals surface area contributed by atoms with Gasteiger partial charge in [0.05, 0.1) is 24.1 Å². The topological polar surface area (TPSA) is 79.2 Å². The van der Waals surface area contributed by atoms with Crippen LogP contribution in [0, 0.1) is 10.1 Å². The number of nitro groups is 1. The summed E-state index contributed by atoms with van der Waals surface area (Å²) in [6.45, 7) is 6.81. The molecule has 0 radical (unpaired) electrons. The highest BCUT2D eigenvalue weighted by atomic mass is 16.6. The summed E-state index contributed by atoms with van der Waals surface area (Å²) >= 11 is 0. The molecule has 1 saturated heterocycles. The van der Waals surface area contributed by atoms with E-state index in [0.29, 0.717) is 24.2 Å². The first-order chi connectivity index (χ1) is 15.3. The first kappa shape index (κ1) is 22.1. The molecule has 170 valence electrons. The number of hydrogen-bond donors (Lipinski definition) is 0. The fourth-order valence-electron chi connectivity index (χ4n) is 4.72. The number of amides is 1. The molecule has 2 heterocycles. The van der Waals surface area contributed by atoms with Crippen LogP contribution in [0.4, 0.5) is 17.1 Å². The predicted molar refractivity (Wildman–Crippen MR) is 125 cm³/mol. The quantitative estimate of drug-likeness (QED) is 0.527. The van der Waals surface area contributed by atoms with Crippen LogP contribution in [-0.4, -0.2) is 61.6 Å². The van der Waals surface area contributed by atoms with Gasteiger partial charge in [-0.25, -0.2) is 0 Å². The number of anilines is 2. The largest absolute Gasteiger partial charge is 0.495 e. The standard InChI is InChI=1S/C24H30N4O4/c1-16-14-26(15-17(2)25(16)3)22-13-21-19(12-23(22)32-4)8-9-27(21)24(29)11-18-6-5-7-20(10-18)28(30)31/h5-7,10,12-13,16-17H,8-9,11,14-15H2,1-4H3. The van der Waals surface area contributed by atoms with Gasteiger partial charge in [0, 0.05) is 49.5 Å². The van der Waals surface area contributed by atoms with Crippen LogP contribution in [0.3, 0.4) is 0 Å². The molecule has 2 aromatic rings. The highest BCUT2D eigenvalue weighted by molar-refractivity contribution is 5.97. The fourth-order valence-corrected chi connectivity index (χ4v) is 4.72. The molecule has 0 saturated carbocycles. The number of methoxy groups -OCH3 is 1. The number of likely N-dealkylation sites (N-methyl/N-ethyl adjacent to an activating group) is 1. The summed E-state index contributed by atoms with van der Waals surface area (Å²) in [5.41, 5.74) is 3.66. The molecule has 2 aromatic carbocycles. The lowest BCUT2D eigenvalue weighted by Crippen LogP contribution is -2.55. The Bertz CT molecular complexity index is 1030. The lowest BCUT2D eigenvalue weighted by molar-refractivity contribution is -0.384. The van der Waals surface area contributed by atoms with E-state index in [2.05, 4.69) is 42.8 Å². The van der Waals surface area contributed by atoms with Gasteiger partial charge in [-0.05, 0) is 50.6 Å². The van der Waals surface area contributed by atoms with Crippen molar-refractivity contribution < 1.29 is 14.5 Å². The summed E-state index contributed by atoms with van der Waals surface area (Å²) in [6, 6.07) is 11.2. The van der Waals surface area contributed by atoms with Gasteiger partial charge in [-0.1, -0.05) is 12.1 Å². The molecule has 0 aliphatic carbocycles. The van der Waals surface area contributed by atoms with Crippen LogP contribution in [0.15, 0.2) is 36.4 Å². The lowest BCUT2D eigenvalue weighted by Gasteiger charge is -2.44. The highest BCUT2D eigenvalue weighted by Crippen LogP contribution is 2.40. The second kappa shape index (κ2) is 8.78. The zero-order valence-electron chi connectivity index (χ0n) is 19.1. The minimum absolute atomic E-state index is 0.00227. The van der Waals surface area contributed by atoms with Crippen LogP contribution in [0.1, 0.15) is 25.0 Å². The third-order valence-electron chi connectivity index (χ3n) is 6.75. The fraction of sp³-hybridized carbons (Fsp3) is 0.458. The molecule has 32 heavy (non-hydrogen) atoms. The summed E-state index contributed by atoms with van der Waals surface area (Å²) in [7, 11) is 3.84. The zero-order valence-corrected chi connectivity index (χ0v) is 19.1. The Hall–Kier alpha value is -3.13. The maximum Gasteiger partial charge on any atom is 0.269 e. The van der Waals surface area contributed by atoms with Crippen molar-refractivity contribution in [3.05, 3.63) is 57.6 Å². The minimum atomic E-state index is -0.435. The molecule has 4 rings (SSSR count). The smallest absolute Gasteiger partial charge is 0.269 e. The van der Waals surface area contributed by atoms with Gasteiger partial charge in [-0.3, -0.25) is 19.8 Å².